The van der Waals surface area contributed by atoms with E-state index < -0.39 is 0 Å². The van der Waals surface area contributed by atoms with E-state index in [1.807, 2.05) is 47.4 Å². The Bertz CT molecular complexity index is 810. The molecule has 0 N–H and O–H groups in total. The first-order valence-electron chi connectivity index (χ1n) is 8.72. The number of benzene rings is 2. The number of hydrogen-bond donors (Lipinski definition) is 0. The first kappa shape index (κ1) is 17.2. The highest BCUT2D eigenvalue weighted by Gasteiger charge is 2.26. The SMILES string of the molecule is O=C(Cc1ccc2c(c1)OCCO2)N1CCOC(c2cccc(Cl)c2)C1. The molecule has 0 radical (unpaired) electrons. The molecule has 0 bridgehead atoms. The first-order valence-corrected chi connectivity index (χ1v) is 9.10. The summed E-state index contributed by atoms with van der Waals surface area (Å²) in [4.78, 5) is 14.6. The van der Waals surface area contributed by atoms with Gasteiger partial charge in [-0.05, 0) is 35.4 Å². The van der Waals surface area contributed by atoms with E-state index in [4.69, 9.17) is 25.8 Å². The Morgan fingerprint density at radius 2 is 1.92 bits per heavy atom. The van der Waals surface area contributed by atoms with Crippen molar-refractivity contribution < 1.29 is 19.0 Å². The van der Waals surface area contributed by atoms with Gasteiger partial charge in [-0.1, -0.05) is 29.8 Å². The maximum absolute atomic E-state index is 12.8. The van der Waals surface area contributed by atoms with Crippen LogP contribution in [0.5, 0.6) is 11.5 Å². The minimum absolute atomic E-state index is 0.0806. The van der Waals surface area contributed by atoms with Crippen molar-refractivity contribution in [3.05, 3.63) is 58.6 Å². The zero-order chi connectivity index (χ0) is 17.9. The molecule has 6 heteroatoms. The van der Waals surface area contributed by atoms with Crippen LogP contribution in [0.3, 0.4) is 0 Å². The molecule has 2 aliphatic rings. The van der Waals surface area contributed by atoms with E-state index in [2.05, 4.69) is 0 Å². The Balaban J connectivity index is 1.43. The lowest BCUT2D eigenvalue weighted by molar-refractivity contribution is -0.138. The normalized spacial score (nSPS) is 19.3. The zero-order valence-corrected chi connectivity index (χ0v) is 15.1. The molecule has 1 amide bonds. The summed E-state index contributed by atoms with van der Waals surface area (Å²) in [6, 6.07) is 13.3. The molecule has 2 aromatic rings. The summed E-state index contributed by atoms with van der Waals surface area (Å²) in [5, 5.41) is 0.672. The van der Waals surface area contributed by atoms with Gasteiger partial charge >= 0.3 is 0 Å². The van der Waals surface area contributed by atoms with Gasteiger partial charge in [0.1, 0.15) is 19.3 Å². The molecule has 5 nitrogen and oxygen atoms in total. The van der Waals surface area contributed by atoms with Crippen LogP contribution in [0.25, 0.3) is 0 Å². The Morgan fingerprint density at radius 1 is 1.08 bits per heavy atom. The van der Waals surface area contributed by atoms with Crippen molar-refractivity contribution in [1.82, 2.24) is 4.90 Å². The smallest absolute Gasteiger partial charge is 0.227 e. The van der Waals surface area contributed by atoms with E-state index in [1.54, 1.807) is 0 Å². The molecule has 0 aromatic heterocycles. The number of amides is 1. The lowest BCUT2D eigenvalue weighted by Gasteiger charge is -2.33. The molecule has 136 valence electrons. The zero-order valence-electron chi connectivity index (χ0n) is 14.3. The Morgan fingerprint density at radius 3 is 2.77 bits per heavy atom. The number of nitrogens with zero attached hydrogens (tertiary/aromatic N) is 1. The van der Waals surface area contributed by atoms with Crippen molar-refractivity contribution in [3.63, 3.8) is 0 Å². The predicted molar refractivity (Wildman–Crippen MR) is 97.9 cm³/mol. The largest absolute Gasteiger partial charge is 0.486 e. The van der Waals surface area contributed by atoms with Crippen LogP contribution in [-0.4, -0.2) is 43.7 Å². The number of carbonyl (C=O) groups excluding carboxylic acids is 1. The van der Waals surface area contributed by atoms with E-state index in [9.17, 15) is 4.79 Å². The third kappa shape index (κ3) is 3.79. The highest BCUT2D eigenvalue weighted by atomic mass is 35.5. The van der Waals surface area contributed by atoms with Crippen LogP contribution in [0.2, 0.25) is 5.02 Å². The summed E-state index contributed by atoms with van der Waals surface area (Å²) in [5.74, 6) is 1.53. The maximum Gasteiger partial charge on any atom is 0.227 e. The average molecular weight is 374 g/mol. The van der Waals surface area contributed by atoms with Gasteiger partial charge in [0.15, 0.2) is 11.5 Å². The molecule has 0 aliphatic carbocycles. The van der Waals surface area contributed by atoms with E-state index >= 15 is 0 Å². The topological polar surface area (TPSA) is 48.0 Å². The van der Waals surface area contributed by atoms with E-state index in [1.165, 1.54) is 0 Å². The summed E-state index contributed by atoms with van der Waals surface area (Å²) in [7, 11) is 0. The van der Waals surface area contributed by atoms with Gasteiger partial charge < -0.3 is 19.1 Å². The number of hydrogen-bond acceptors (Lipinski definition) is 4. The highest BCUT2D eigenvalue weighted by molar-refractivity contribution is 6.30. The fourth-order valence-electron chi connectivity index (χ4n) is 3.27. The van der Waals surface area contributed by atoms with Crippen molar-refractivity contribution in [3.8, 4) is 11.5 Å². The van der Waals surface area contributed by atoms with Gasteiger partial charge in [0.05, 0.1) is 19.6 Å². The number of ether oxygens (including phenoxy) is 3. The van der Waals surface area contributed by atoms with Crippen LogP contribution in [0.1, 0.15) is 17.2 Å². The fourth-order valence-corrected chi connectivity index (χ4v) is 3.47. The summed E-state index contributed by atoms with van der Waals surface area (Å²) < 4.78 is 17.0. The summed E-state index contributed by atoms with van der Waals surface area (Å²) in [5.41, 5.74) is 1.92. The van der Waals surface area contributed by atoms with Crippen molar-refractivity contribution in [2.45, 2.75) is 12.5 Å². The van der Waals surface area contributed by atoms with Crippen LogP contribution in [0.4, 0.5) is 0 Å². The van der Waals surface area contributed by atoms with Crippen molar-refractivity contribution >= 4 is 17.5 Å². The Kier molecular flexibility index (Phi) is 5.00. The molecule has 2 heterocycles. The average Bonchev–Trinajstić information content (AvgIpc) is 2.68. The Labute approximate surface area is 157 Å². The third-order valence-corrected chi connectivity index (χ3v) is 4.84. The van der Waals surface area contributed by atoms with Gasteiger partial charge in [0, 0.05) is 11.6 Å². The number of morpholine rings is 1. The molecule has 1 atom stereocenters. The first-order chi connectivity index (χ1) is 12.7. The molecular formula is C20H20ClNO4. The molecular weight excluding hydrogens is 354 g/mol. The van der Waals surface area contributed by atoms with Crippen molar-refractivity contribution in [1.29, 1.82) is 0 Å². The van der Waals surface area contributed by atoms with Crippen molar-refractivity contribution in [2.24, 2.45) is 0 Å². The van der Waals surface area contributed by atoms with E-state index in [0.717, 1.165) is 16.9 Å². The summed E-state index contributed by atoms with van der Waals surface area (Å²) in [6.45, 7) is 2.74. The molecule has 1 unspecified atom stereocenters. The van der Waals surface area contributed by atoms with Crippen LogP contribution in [0, 0.1) is 0 Å². The van der Waals surface area contributed by atoms with Crippen LogP contribution in [-0.2, 0) is 16.0 Å². The minimum atomic E-state index is -0.147. The number of rotatable bonds is 3. The molecule has 1 fully saturated rings. The molecule has 2 aliphatic heterocycles. The number of halogens is 1. The Hall–Kier alpha value is -2.24. The second-order valence-electron chi connectivity index (χ2n) is 6.41. The standard InChI is InChI=1S/C20H20ClNO4/c21-16-3-1-2-15(12-16)19-13-22(6-7-24-19)20(23)11-14-4-5-17-18(10-14)26-9-8-25-17/h1-5,10,12,19H,6-9,11,13H2. The number of fused-ring (bicyclic) bond motifs is 1. The molecule has 1 saturated heterocycles. The monoisotopic (exact) mass is 373 g/mol. The number of carbonyl (C=O) groups is 1. The lowest BCUT2D eigenvalue weighted by Crippen LogP contribution is -2.43. The molecule has 2 aromatic carbocycles. The van der Waals surface area contributed by atoms with Gasteiger partial charge in [-0.3, -0.25) is 4.79 Å². The second-order valence-corrected chi connectivity index (χ2v) is 6.85. The van der Waals surface area contributed by atoms with Gasteiger partial charge in [-0.15, -0.1) is 0 Å². The van der Waals surface area contributed by atoms with Crippen LogP contribution < -0.4 is 9.47 Å². The minimum Gasteiger partial charge on any atom is -0.486 e. The van der Waals surface area contributed by atoms with Crippen molar-refractivity contribution in [2.75, 3.05) is 32.9 Å². The molecule has 0 spiro atoms. The van der Waals surface area contributed by atoms with Gasteiger partial charge in [-0.2, -0.15) is 0 Å². The quantitative estimate of drug-likeness (QED) is 0.828. The summed E-state index contributed by atoms with van der Waals surface area (Å²) >= 11 is 6.07. The van der Waals surface area contributed by atoms with Gasteiger partial charge in [0.2, 0.25) is 5.91 Å². The molecule has 0 saturated carbocycles. The molecule has 4 rings (SSSR count). The van der Waals surface area contributed by atoms with E-state index in [-0.39, 0.29) is 12.0 Å². The third-order valence-electron chi connectivity index (χ3n) is 4.60. The van der Waals surface area contributed by atoms with Crippen LogP contribution >= 0.6 is 11.6 Å². The maximum atomic E-state index is 12.8. The van der Waals surface area contributed by atoms with E-state index in [0.29, 0.717) is 50.1 Å². The predicted octanol–water partition coefficient (Wildman–Crippen LogP) is 3.25. The molecule has 26 heavy (non-hydrogen) atoms. The fraction of sp³-hybridized carbons (Fsp3) is 0.350. The highest BCUT2D eigenvalue weighted by Crippen LogP contribution is 2.31. The van der Waals surface area contributed by atoms with Gasteiger partial charge in [0.25, 0.3) is 0 Å². The summed E-state index contributed by atoms with van der Waals surface area (Å²) in [6.07, 6.45) is 0.186. The van der Waals surface area contributed by atoms with Gasteiger partial charge in [-0.25, -0.2) is 0 Å². The second kappa shape index (κ2) is 7.56. The lowest BCUT2D eigenvalue weighted by atomic mass is 10.1. The van der Waals surface area contributed by atoms with Crippen LogP contribution in [0.15, 0.2) is 42.5 Å².